The maximum Gasteiger partial charge on any atom is 0.270 e. The second kappa shape index (κ2) is 6.02. The first-order valence-corrected chi connectivity index (χ1v) is 7.91. The fourth-order valence-corrected chi connectivity index (χ4v) is 3.28. The molecule has 1 aliphatic heterocycles. The highest BCUT2D eigenvalue weighted by atomic mass is 32.1. The molecule has 1 saturated heterocycles. The van der Waals surface area contributed by atoms with Crippen LogP contribution in [0.15, 0.2) is 42.0 Å². The van der Waals surface area contributed by atoms with E-state index in [0.29, 0.717) is 0 Å². The van der Waals surface area contributed by atoms with Crippen molar-refractivity contribution in [3.05, 3.63) is 57.5 Å². The number of anilines is 1. The number of rotatable bonds is 2. The van der Waals surface area contributed by atoms with E-state index in [1.165, 1.54) is 35.6 Å². The number of benzene rings is 1. The summed E-state index contributed by atoms with van der Waals surface area (Å²) in [5.74, 6) is -1.62. The fraction of sp³-hybridized carbons (Fsp3) is 0.0625. The van der Waals surface area contributed by atoms with Gasteiger partial charge in [0.25, 0.3) is 11.8 Å². The summed E-state index contributed by atoms with van der Waals surface area (Å²) in [6.07, 6.45) is 1.52. The fourth-order valence-electron chi connectivity index (χ4n) is 2.18. The molecule has 4 nitrogen and oxygen atoms in total. The molecule has 1 aromatic heterocycles. The predicted molar refractivity (Wildman–Crippen MR) is 91.7 cm³/mol. The van der Waals surface area contributed by atoms with Crippen LogP contribution < -0.4 is 10.2 Å². The number of hydrogen-bond donors (Lipinski definition) is 1. The molecule has 0 radical (unpaired) electrons. The molecular weight excluding hydrogens is 335 g/mol. The van der Waals surface area contributed by atoms with Gasteiger partial charge in [0.05, 0.1) is 5.69 Å². The molecule has 116 valence electrons. The number of carbonyl (C=O) groups excluding carboxylic acids is 2. The zero-order valence-corrected chi connectivity index (χ0v) is 13.6. The van der Waals surface area contributed by atoms with Gasteiger partial charge in [0.1, 0.15) is 11.4 Å². The summed E-state index contributed by atoms with van der Waals surface area (Å²) in [6, 6.07) is 9.21. The molecule has 1 fully saturated rings. The second-order valence-corrected chi connectivity index (χ2v) is 6.59. The molecule has 1 aliphatic rings. The first kappa shape index (κ1) is 15.5. The van der Waals surface area contributed by atoms with E-state index in [9.17, 15) is 14.0 Å². The zero-order valence-electron chi connectivity index (χ0n) is 12.0. The van der Waals surface area contributed by atoms with Crippen molar-refractivity contribution in [1.29, 1.82) is 0 Å². The Morgan fingerprint density at radius 3 is 2.70 bits per heavy atom. The lowest BCUT2D eigenvalue weighted by atomic mass is 10.1. The van der Waals surface area contributed by atoms with Crippen molar-refractivity contribution < 1.29 is 14.0 Å². The number of nitrogens with one attached hydrogen (secondary N) is 1. The Morgan fingerprint density at radius 1 is 1.26 bits per heavy atom. The standard InChI is InChI=1S/C16H11FN2O2S2/c1-9-5-6-12(23-9)8-13-14(20)18-16(22)19(15(13)21)11-4-2-3-10(17)7-11/h2-8H,1H3,(H,18,20,22)/b13-8-. The summed E-state index contributed by atoms with van der Waals surface area (Å²) in [6.45, 7) is 1.93. The molecule has 0 aliphatic carbocycles. The summed E-state index contributed by atoms with van der Waals surface area (Å²) < 4.78 is 13.4. The zero-order chi connectivity index (χ0) is 16.6. The average Bonchev–Trinajstić information content (AvgIpc) is 2.89. The van der Waals surface area contributed by atoms with Crippen LogP contribution in [0, 0.1) is 12.7 Å². The van der Waals surface area contributed by atoms with Crippen molar-refractivity contribution in [1.82, 2.24) is 5.32 Å². The lowest BCUT2D eigenvalue weighted by molar-refractivity contribution is -0.122. The highest BCUT2D eigenvalue weighted by Gasteiger charge is 2.34. The van der Waals surface area contributed by atoms with Crippen LogP contribution in [0.4, 0.5) is 10.1 Å². The monoisotopic (exact) mass is 346 g/mol. The van der Waals surface area contributed by atoms with Crippen LogP contribution in [0.2, 0.25) is 0 Å². The number of nitrogens with zero attached hydrogens (tertiary/aromatic N) is 1. The van der Waals surface area contributed by atoms with Crippen LogP contribution in [0.1, 0.15) is 9.75 Å². The van der Waals surface area contributed by atoms with Gasteiger partial charge < -0.3 is 0 Å². The van der Waals surface area contributed by atoms with Crippen LogP contribution in [0.25, 0.3) is 6.08 Å². The summed E-state index contributed by atoms with van der Waals surface area (Å²) in [5.41, 5.74) is 0.234. The first-order chi connectivity index (χ1) is 11.0. The van der Waals surface area contributed by atoms with Crippen molar-refractivity contribution in [3.63, 3.8) is 0 Å². The van der Waals surface area contributed by atoms with E-state index in [1.807, 2.05) is 19.1 Å². The van der Waals surface area contributed by atoms with Gasteiger partial charge in [-0.05, 0) is 55.5 Å². The Balaban J connectivity index is 2.02. The minimum absolute atomic E-state index is 0.0373. The molecule has 0 unspecified atom stereocenters. The van der Waals surface area contributed by atoms with Gasteiger partial charge in [-0.2, -0.15) is 0 Å². The van der Waals surface area contributed by atoms with Gasteiger partial charge in [-0.15, -0.1) is 11.3 Å². The molecule has 0 atom stereocenters. The molecule has 23 heavy (non-hydrogen) atoms. The summed E-state index contributed by atoms with van der Waals surface area (Å²) >= 11 is 6.52. The van der Waals surface area contributed by atoms with Gasteiger partial charge in [0.2, 0.25) is 0 Å². The Morgan fingerprint density at radius 2 is 2.04 bits per heavy atom. The van der Waals surface area contributed by atoms with Crippen molar-refractivity contribution >= 4 is 52.2 Å². The minimum atomic E-state index is -0.574. The third-order valence-electron chi connectivity index (χ3n) is 3.22. The number of thiophene rings is 1. The number of hydrogen-bond acceptors (Lipinski definition) is 4. The molecule has 2 heterocycles. The molecule has 3 rings (SSSR count). The van der Waals surface area contributed by atoms with Crippen molar-refractivity contribution in [3.8, 4) is 0 Å². The average molecular weight is 346 g/mol. The van der Waals surface area contributed by atoms with Crippen molar-refractivity contribution in [2.75, 3.05) is 4.90 Å². The largest absolute Gasteiger partial charge is 0.298 e. The van der Waals surface area contributed by atoms with E-state index in [1.54, 1.807) is 6.07 Å². The van der Waals surface area contributed by atoms with Gasteiger partial charge in [-0.3, -0.25) is 19.8 Å². The van der Waals surface area contributed by atoms with Crippen molar-refractivity contribution in [2.24, 2.45) is 0 Å². The van der Waals surface area contributed by atoms with E-state index in [0.717, 1.165) is 14.7 Å². The maximum absolute atomic E-state index is 13.4. The minimum Gasteiger partial charge on any atom is -0.298 e. The third-order valence-corrected chi connectivity index (χ3v) is 4.45. The Bertz CT molecular complexity index is 857. The molecule has 0 bridgehead atoms. The number of thiocarbonyl (C=S) groups is 1. The van der Waals surface area contributed by atoms with Crippen molar-refractivity contribution in [2.45, 2.75) is 6.92 Å². The van der Waals surface area contributed by atoms with Crippen LogP contribution in [-0.2, 0) is 9.59 Å². The van der Waals surface area contributed by atoms with Crippen LogP contribution in [0.5, 0.6) is 0 Å². The lowest BCUT2D eigenvalue weighted by Gasteiger charge is -2.28. The van der Waals surface area contributed by atoms with E-state index >= 15 is 0 Å². The number of amides is 2. The van der Waals surface area contributed by atoms with Gasteiger partial charge in [0.15, 0.2) is 5.11 Å². The Kier molecular flexibility index (Phi) is 4.06. The molecule has 1 N–H and O–H groups in total. The predicted octanol–water partition coefficient (Wildman–Crippen LogP) is 3.03. The van der Waals surface area contributed by atoms with Gasteiger partial charge in [-0.1, -0.05) is 6.07 Å². The lowest BCUT2D eigenvalue weighted by Crippen LogP contribution is -2.54. The van der Waals surface area contributed by atoms with Crippen LogP contribution >= 0.6 is 23.6 Å². The first-order valence-electron chi connectivity index (χ1n) is 6.69. The van der Waals surface area contributed by atoms with E-state index in [2.05, 4.69) is 5.32 Å². The summed E-state index contributed by atoms with van der Waals surface area (Å²) in [7, 11) is 0. The molecule has 2 amide bonds. The Labute approximate surface area is 141 Å². The SMILES string of the molecule is Cc1ccc(/C=C2/C(=O)NC(=S)N(c3cccc(F)c3)C2=O)s1. The van der Waals surface area contributed by atoms with Gasteiger partial charge in [0, 0.05) is 9.75 Å². The normalized spacial score (nSPS) is 16.9. The highest BCUT2D eigenvalue weighted by Crippen LogP contribution is 2.24. The molecular formula is C16H11FN2O2S2. The van der Waals surface area contributed by atoms with Crippen LogP contribution in [-0.4, -0.2) is 16.9 Å². The second-order valence-electron chi connectivity index (χ2n) is 4.89. The maximum atomic E-state index is 13.4. The van der Waals surface area contributed by atoms with E-state index in [4.69, 9.17) is 12.2 Å². The molecule has 0 saturated carbocycles. The molecule has 0 spiro atoms. The number of aryl methyl sites for hydroxylation is 1. The smallest absolute Gasteiger partial charge is 0.270 e. The molecule has 7 heteroatoms. The molecule has 2 aromatic rings. The van der Waals surface area contributed by atoms with E-state index in [-0.39, 0.29) is 16.4 Å². The molecule has 1 aromatic carbocycles. The third kappa shape index (κ3) is 3.06. The van der Waals surface area contributed by atoms with E-state index < -0.39 is 17.6 Å². The Hall–Kier alpha value is -2.38. The van der Waals surface area contributed by atoms with Crippen LogP contribution in [0.3, 0.4) is 0 Å². The summed E-state index contributed by atoms with van der Waals surface area (Å²) in [5, 5.41) is 2.40. The van der Waals surface area contributed by atoms with Gasteiger partial charge in [-0.25, -0.2) is 4.39 Å². The topological polar surface area (TPSA) is 49.4 Å². The number of carbonyl (C=O) groups is 2. The highest BCUT2D eigenvalue weighted by molar-refractivity contribution is 7.80. The number of halogens is 1. The van der Waals surface area contributed by atoms with Gasteiger partial charge >= 0.3 is 0 Å². The summed E-state index contributed by atoms with van der Waals surface area (Å²) in [4.78, 5) is 27.7. The quantitative estimate of drug-likeness (QED) is 0.517.